The van der Waals surface area contributed by atoms with Crippen molar-refractivity contribution in [3.63, 3.8) is 0 Å². The molecular formula is C17H23NO5. The zero-order valence-corrected chi connectivity index (χ0v) is 13.8. The molecule has 1 amide bonds. The molecule has 0 fully saturated rings. The minimum Gasteiger partial charge on any atom is -0.497 e. The SMILES string of the molecule is CCOC(=O)CCN(C)C(=O)[C@H]1COc2cc(OC)ccc2C1. The number of hydrogen-bond donors (Lipinski definition) is 0. The van der Waals surface area contributed by atoms with E-state index in [0.717, 1.165) is 17.1 Å². The minimum atomic E-state index is -0.288. The van der Waals surface area contributed by atoms with Gasteiger partial charge >= 0.3 is 5.97 Å². The van der Waals surface area contributed by atoms with Crippen LogP contribution in [0.25, 0.3) is 0 Å². The third-order valence-corrected chi connectivity index (χ3v) is 3.86. The molecule has 1 aliphatic rings. The lowest BCUT2D eigenvalue weighted by molar-refractivity contribution is -0.144. The molecule has 1 aliphatic heterocycles. The van der Waals surface area contributed by atoms with Crippen LogP contribution in [-0.4, -0.2) is 50.7 Å². The van der Waals surface area contributed by atoms with Crippen molar-refractivity contribution >= 4 is 11.9 Å². The van der Waals surface area contributed by atoms with Gasteiger partial charge in [-0.05, 0) is 25.0 Å². The highest BCUT2D eigenvalue weighted by molar-refractivity contribution is 5.80. The van der Waals surface area contributed by atoms with Gasteiger partial charge in [0.25, 0.3) is 0 Å². The molecule has 0 aliphatic carbocycles. The number of ether oxygens (including phenoxy) is 3. The number of nitrogens with zero attached hydrogens (tertiary/aromatic N) is 1. The highest BCUT2D eigenvalue weighted by Crippen LogP contribution is 2.31. The van der Waals surface area contributed by atoms with Crippen molar-refractivity contribution in [2.45, 2.75) is 19.8 Å². The van der Waals surface area contributed by atoms with Crippen LogP contribution < -0.4 is 9.47 Å². The van der Waals surface area contributed by atoms with Crippen LogP contribution in [0.1, 0.15) is 18.9 Å². The second-order valence-electron chi connectivity index (χ2n) is 5.50. The summed E-state index contributed by atoms with van der Waals surface area (Å²) >= 11 is 0. The quantitative estimate of drug-likeness (QED) is 0.746. The first-order chi connectivity index (χ1) is 11.0. The van der Waals surface area contributed by atoms with Crippen molar-refractivity contribution in [3.8, 4) is 11.5 Å². The van der Waals surface area contributed by atoms with Gasteiger partial charge in [0.05, 0.1) is 26.1 Å². The molecule has 23 heavy (non-hydrogen) atoms. The lowest BCUT2D eigenvalue weighted by Gasteiger charge is -2.28. The van der Waals surface area contributed by atoms with E-state index in [4.69, 9.17) is 14.2 Å². The normalized spacial score (nSPS) is 16.0. The van der Waals surface area contributed by atoms with Gasteiger partial charge in [-0.1, -0.05) is 6.07 Å². The Bertz CT molecular complexity index is 572. The lowest BCUT2D eigenvalue weighted by Crippen LogP contribution is -2.39. The van der Waals surface area contributed by atoms with Gasteiger partial charge in [-0.25, -0.2) is 0 Å². The third kappa shape index (κ3) is 4.37. The topological polar surface area (TPSA) is 65.1 Å². The number of hydrogen-bond acceptors (Lipinski definition) is 5. The maximum absolute atomic E-state index is 12.5. The summed E-state index contributed by atoms with van der Waals surface area (Å²) in [5.41, 5.74) is 0.995. The molecule has 1 atom stereocenters. The van der Waals surface area contributed by atoms with Gasteiger partial charge in [-0.2, -0.15) is 0 Å². The molecule has 1 aromatic rings. The number of carbonyl (C=O) groups is 2. The number of esters is 1. The molecule has 0 spiro atoms. The predicted molar refractivity (Wildman–Crippen MR) is 84.6 cm³/mol. The van der Waals surface area contributed by atoms with Crippen LogP contribution in [0.3, 0.4) is 0 Å². The highest BCUT2D eigenvalue weighted by Gasteiger charge is 2.28. The summed E-state index contributed by atoms with van der Waals surface area (Å²) in [6.45, 7) is 2.80. The average molecular weight is 321 g/mol. The third-order valence-electron chi connectivity index (χ3n) is 3.86. The van der Waals surface area contributed by atoms with E-state index in [0.29, 0.717) is 26.2 Å². The molecule has 2 rings (SSSR count). The molecule has 0 bridgehead atoms. The Kier molecular flexibility index (Phi) is 5.84. The Morgan fingerprint density at radius 2 is 2.17 bits per heavy atom. The van der Waals surface area contributed by atoms with E-state index in [2.05, 4.69) is 0 Å². The van der Waals surface area contributed by atoms with E-state index in [1.54, 1.807) is 26.0 Å². The van der Waals surface area contributed by atoms with Crippen LogP contribution >= 0.6 is 0 Å². The number of methoxy groups -OCH3 is 1. The van der Waals surface area contributed by atoms with E-state index >= 15 is 0 Å². The van der Waals surface area contributed by atoms with E-state index in [-0.39, 0.29) is 24.2 Å². The van der Waals surface area contributed by atoms with E-state index in [1.165, 1.54) is 0 Å². The second kappa shape index (κ2) is 7.85. The Morgan fingerprint density at radius 3 is 2.87 bits per heavy atom. The molecule has 0 aromatic heterocycles. The van der Waals surface area contributed by atoms with Crippen molar-refractivity contribution < 1.29 is 23.8 Å². The molecule has 0 radical (unpaired) electrons. The van der Waals surface area contributed by atoms with Gasteiger partial charge in [0.15, 0.2) is 0 Å². The van der Waals surface area contributed by atoms with Gasteiger partial charge in [0.2, 0.25) is 5.91 Å². The van der Waals surface area contributed by atoms with Crippen LogP contribution in [0.15, 0.2) is 18.2 Å². The number of fused-ring (bicyclic) bond motifs is 1. The molecule has 1 heterocycles. The standard InChI is InChI=1S/C17H23NO5/c1-4-22-16(19)7-8-18(2)17(20)13-9-12-5-6-14(21-3)10-15(12)23-11-13/h5-6,10,13H,4,7-9,11H2,1-3H3/t13-/m1/s1. The molecule has 126 valence electrons. The second-order valence-corrected chi connectivity index (χ2v) is 5.50. The number of rotatable bonds is 6. The van der Waals surface area contributed by atoms with E-state index < -0.39 is 0 Å². The van der Waals surface area contributed by atoms with Gasteiger partial charge in [0, 0.05) is 19.7 Å². The summed E-state index contributed by atoms with van der Waals surface area (Å²) < 4.78 is 15.7. The minimum absolute atomic E-state index is 0.0178. The Labute approximate surface area is 136 Å². The Balaban J connectivity index is 1.92. The van der Waals surface area contributed by atoms with Crippen LogP contribution in [0.2, 0.25) is 0 Å². The summed E-state index contributed by atoms with van der Waals surface area (Å²) in [6.07, 6.45) is 0.833. The Morgan fingerprint density at radius 1 is 1.39 bits per heavy atom. The van der Waals surface area contributed by atoms with Gasteiger partial charge in [-0.15, -0.1) is 0 Å². The van der Waals surface area contributed by atoms with Gasteiger partial charge < -0.3 is 19.1 Å². The van der Waals surface area contributed by atoms with Crippen molar-refractivity contribution in [2.75, 3.05) is 33.9 Å². The molecule has 6 nitrogen and oxygen atoms in total. The lowest BCUT2D eigenvalue weighted by atomic mass is 9.95. The first-order valence-corrected chi connectivity index (χ1v) is 7.75. The zero-order chi connectivity index (χ0) is 16.8. The zero-order valence-electron chi connectivity index (χ0n) is 13.8. The molecule has 0 unspecified atom stereocenters. The summed E-state index contributed by atoms with van der Waals surface area (Å²) in [5.74, 6) is 0.964. The van der Waals surface area contributed by atoms with Crippen molar-refractivity contribution in [3.05, 3.63) is 23.8 Å². The number of benzene rings is 1. The predicted octanol–water partition coefficient (Wildman–Crippen LogP) is 1.66. The molecule has 0 saturated carbocycles. The highest BCUT2D eigenvalue weighted by atomic mass is 16.5. The number of carbonyl (C=O) groups excluding carboxylic acids is 2. The first kappa shape index (κ1) is 17.1. The van der Waals surface area contributed by atoms with E-state index in [1.807, 2.05) is 18.2 Å². The fourth-order valence-electron chi connectivity index (χ4n) is 2.55. The monoisotopic (exact) mass is 321 g/mol. The maximum atomic E-state index is 12.5. The summed E-state index contributed by atoms with van der Waals surface area (Å²) in [7, 11) is 3.31. The molecule has 1 aromatic carbocycles. The maximum Gasteiger partial charge on any atom is 0.307 e. The van der Waals surface area contributed by atoms with Crippen molar-refractivity contribution in [1.82, 2.24) is 4.90 Å². The fourth-order valence-corrected chi connectivity index (χ4v) is 2.55. The van der Waals surface area contributed by atoms with Crippen LogP contribution in [0.4, 0.5) is 0 Å². The number of amides is 1. The first-order valence-electron chi connectivity index (χ1n) is 7.75. The van der Waals surface area contributed by atoms with Gasteiger partial charge in [0.1, 0.15) is 18.1 Å². The summed E-state index contributed by atoms with van der Waals surface area (Å²) in [6, 6.07) is 5.62. The molecule has 6 heteroatoms. The summed E-state index contributed by atoms with van der Waals surface area (Å²) in [5, 5.41) is 0. The molecule has 0 N–H and O–H groups in total. The molecule has 0 saturated heterocycles. The Hall–Kier alpha value is -2.24. The smallest absolute Gasteiger partial charge is 0.307 e. The average Bonchev–Trinajstić information content (AvgIpc) is 2.58. The van der Waals surface area contributed by atoms with E-state index in [9.17, 15) is 9.59 Å². The fraction of sp³-hybridized carbons (Fsp3) is 0.529. The van der Waals surface area contributed by atoms with Crippen LogP contribution in [-0.2, 0) is 20.7 Å². The van der Waals surface area contributed by atoms with Crippen molar-refractivity contribution in [2.24, 2.45) is 5.92 Å². The van der Waals surface area contributed by atoms with Crippen LogP contribution in [0.5, 0.6) is 11.5 Å². The summed E-state index contributed by atoms with van der Waals surface area (Å²) in [4.78, 5) is 25.4. The molecular weight excluding hydrogens is 298 g/mol. The van der Waals surface area contributed by atoms with Crippen LogP contribution in [0, 0.1) is 5.92 Å². The van der Waals surface area contributed by atoms with Gasteiger partial charge in [-0.3, -0.25) is 9.59 Å². The van der Waals surface area contributed by atoms with Crippen molar-refractivity contribution in [1.29, 1.82) is 0 Å². The largest absolute Gasteiger partial charge is 0.497 e.